The van der Waals surface area contributed by atoms with Crippen molar-refractivity contribution >= 4 is 50.7 Å². The number of amides is 2. The molecule has 0 unspecified atom stereocenters. The fourth-order valence-electron chi connectivity index (χ4n) is 3.27. The van der Waals surface area contributed by atoms with E-state index in [0.717, 1.165) is 35.8 Å². The third kappa shape index (κ3) is 5.72. The molecule has 0 spiro atoms. The molecule has 28 heavy (non-hydrogen) atoms. The average Bonchev–Trinajstić information content (AvgIpc) is 2.69. The number of rotatable bonds is 6. The lowest BCUT2D eigenvalue weighted by Crippen LogP contribution is -2.36. The Morgan fingerprint density at radius 1 is 1.07 bits per heavy atom. The molecule has 0 aliphatic heterocycles. The van der Waals surface area contributed by atoms with Crippen molar-refractivity contribution in [3.8, 4) is 0 Å². The SMILES string of the molecule is O=C(CNc1ccccc1Br)Nc1ccc(Cl)c(C(=O)NC2CCCCC2)c1. The Kier molecular flexibility index (Phi) is 7.34. The fraction of sp³-hybridized carbons (Fsp3) is 0.333. The van der Waals surface area contributed by atoms with Gasteiger partial charge in [0.1, 0.15) is 0 Å². The highest BCUT2D eigenvalue weighted by Gasteiger charge is 2.19. The summed E-state index contributed by atoms with van der Waals surface area (Å²) in [5.74, 6) is -0.406. The number of para-hydroxylation sites is 1. The number of nitrogens with one attached hydrogen (secondary N) is 3. The van der Waals surface area contributed by atoms with Crippen molar-refractivity contribution in [2.24, 2.45) is 0 Å². The van der Waals surface area contributed by atoms with Crippen LogP contribution in [0.25, 0.3) is 0 Å². The Balaban J connectivity index is 1.59. The highest BCUT2D eigenvalue weighted by molar-refractivity contribution is 9.10. The van der Waals surface area contributed by atoms with Crippen molar-refractivity contribution in [3.63, 3.8) is 0 Å². The number of carbonyl (C=O) groups excluding carboxylic acids is 2. The van der Waals surface area contributed by atoms with Crippen LogP contribution in [0, 0.1) is 0 Å². The van der Waals surface area contributed by atoms with Crippen LogP contribution in [0.15, 0.2) is 46.9 Å². The van der Waals surface area contributed by atoms with Gasteiger partial charge in [0.05, 0.1) is 17.1 Å². The second-order valence-electron chi connectivity index (χ2n) is 6.88. The van der Waals surface area contributed by atoms with Gasteiger partial charge in [-0.05, 0) is 59.1 Å². The fourth-order valence-corrected chi connectivity index (χ4v) is 3.90. The van der Waals surface area contributed by atoms with Crippen LogP contribution in [0.3, 0.4) is 0 Å². The van der Waals surface area contributed by atoms with E-state index >= 15 is 0 Å². The van der Waals surface area contributed by atoms with E-state index in [4.69, 9.17) is 11.6 Å². The summed E-state index contributed by atoms with van der Waals surface area (Å²) in [6.07, 6.45) is 5.50. The minimum Gasteiger partial charge on any atom is -0.375 e. The molecular formula is C21H23BrClN3O2. The van der Waals surface area contributed by atoms with Crippen molar-refractivity contribution in [3.05, 3.63) is 57.5 Å². The summed E-state index contributed by atoms with van der Waals surface area (Å²) in [6, 6.07) is 12.7. The van der Waals surface area contributed by atoms with Gasteiger partial charge in [0.25, 0.3) is 5.91 Å². The molecule has 0 bridgehead atoms. The molecule has 0 heterocycles. The Labute approximate surface area is 178 Å². The van der Waals surface area contributed by atoms with Crippen LogP contribution in [-0.4, -0.2) is 24.4 Å². The van der Waals surface area contributed by atoms with Gasteiger partial charge in [-0.15, -0.1) is 0 Å². The summed E-state index contributed by atoms with van der Waals surface area (Å²) in [7, 11) is 0. The zero-order chi connectivity index (χ0) is 19.9. The Bertz CT molecular complexity index is 853. The first-order valence-corrected chi connectivity index (χ1v) is 10.6. The molecule has 1 aliphatic carbocycles. The molecule has 5 nitrogen and oxygen atoms in total. The summed E-state index contributed by atoms with van der Waals surface area (Å²) in [5.41, 5.74) is 1.75. The van der Waals surface area contributed by atoms with E-state index in [9.17, 15) is 9.59 Å². The van der Waals surface area contributed by atoms with Gasteiger partial charge in [-0.25, -0.2) is 0 Å². The zero-order valence-electron chi connectivity index (χ0n) is 15.4. The first-order chi connectivity index (χ1) is 13.5. The van der Waals surface area contributed by atoms with Crippen molar-refractivity contribution in [2.45, 2.75) is 38.1 Å². The van der Waals surface area contributed by atoms with Gasteiger partial charge in [0.2, 0.25) is 5.91 Å². The predicted molar refractivity (Wildman–Crippen MR) is 117 cm³/mol. The van der Waals surface area contributed by atoms with Crippen molar-refractivity contribution in [1.29, 1.82) is 0 Å². The molecule has 2 amide bonds. The van der Waals surface area contributed by atoms with E-state index in [1.165, 1.54) is 6.42 Å². The van der Waals surface area contributed by atoms with Crippen molar-refractivity contribution in [2.75, 3.05) is 17.2 Å². The standard InChI is InChI=1S/C21H23BrClN3O2/c22-17-8-4-5-9-19(17)24-13-20(27)25-15-10-11-18(23)16(12-15)21(28)26-14-6-2-1-3-7-14/h4-5,8-12,14,24H,1-3,6-7,13H2,(H,25,27)(H,26,28). The van der Waals surface area contributed by atoms with E-state index in [0.29, 0.717) is 16.3 Å². The minimum absolute atomic E-state index is 0.106. The van der Waals surface area contributed by atoms with E-state index in [1.807, 2.05) is 24.3 Å². The highest BCUT2D eigenvalue weighted by Crippen LogP contribution is 2.23. The second kappa shape index (κ2) is 9.94. The quantitative estimate of drug-likeness (QED) is 0.549. The molecule has 1 aliphatic rings. The molecule has 0 atom stereocenters. The van der Waals surface area contributed by atoms with E-state index in [1.54, 1.807) is 18.2 Å². The molecule has 148 valence electrons. The summed E-state index contributed by atoms with van der Waals surface area (Å²) in [6.45, 7) is 0.106. The monoisotopic (exact) mass is 463 g/mol. The summed E-state index contributed by atoms with van der Waals surface area (Å²) in [4.78, 5) is 24.9. The van der Waals surface area contributed by atoms with Crippen LogP contribution in [-0.2, 0) is 4.79 Å². The maximum Gasteiger partial charge on any atom is 0.253 e. The molecule has 2 aromatic rings. The summed E-state index contributed by atoms with van der Waals surface area (Å²) < 4.78 is 0.885. The molecular weight excluding hydrogens is 442 g/mol. The number of hydrogen-bond acceptors (Lipinski definition) is 3. The molecule has 3 N–H and O–H groups in total. The third-order valence-corrected chi connectivity index (χ3v) is 5.77. The van der Waals surface area contributed by atoms with Crippen LogP contribution in [0.5, 0.6) is 0 Å². The lowest BCUT2D eigenvalue weighted by atomic mass is 9.95. The topological polar surface area (TPSA) is 70.2 Å². The van der Waals surface area contributed by atoms with Crippen LogP contribution < -0.4 is 16.0 Å². The van der Waals surface area contributed by atoms with Gasteiger partial charge in [-0.2, -0.15) is 0 Å². The van der Waals surface area contributed by atoms with Gasteiger partial charge in [-0.3, -0.25) is 9.59 Å². The van der Waals surface area contributed by atoms with Crippen LogP contribution in [0.4, 0.5) is 11.4 Å². The van der Waals surface area contributed by atoms with Gasteiger partial charge in [0, 0.05) is 21.9 Å². The van der Waals surface area contributed by atoms with Crippen molar-refractivity contribution in [1.82, 2.24) is 5.32 Å². The first-order valence-electron chi connectivity index (χ1n) is 9.41. The number of halogens is 2. The number of benzene rings is 2. The minimum atomic E-state index is -0.211. The lowest BCUT2D eigenvalue weighted by Gasteiger charge is -2.23. The number of anilines is 2. The molecule has 1 fully saturated rings. The Morgan fingerprint density at radius 3 is 2.57 bits per heavy atom. The number of carbonyl (C=O) groups is 2. The van der Waals surface area contributed by atoms with Crippen molar-refractivity contribution < 1.29 is 9.59 Å². The number of hydrogen-bond donors (Lipinski definition) is 3. The van der Waals surface area contributed by atoms with Gasteiger partial charge < -0.3 is 16.0 Å². The van der Waals surface area contributed by atoms with E-state index in [2.05, 4.69) is 31.9 Å². The van der Waals surface area contributed by atoms with Gasteiger partial charge >= 0.3 is 0 Å². The Hall–Kier alpha value is -2.05. The molecule has 2 aromatic carbocycles. The van der Waals surface area contributed by atoms with Crippen LogP contribution >= 0.6 is 27.5 Å². The third-order valence-electron chi connectivity index (χ3n) is 4.75. The first kappa shape index (κ1) is 20.7. The maximum absolute atomic E-state index is 12.6. The molecule has 3 rings (SSSR count). The second-order valence-corrected chi connectivity index (χ2v) is 8.15. The molecule has 0 radical (unpaired) electrons. The van der Waals surface area contributed by atoms with Crippen LogP contribution in [0.1, 0.15) is 42.5 Å². The molecule has 1 saturated carbocycles. The zero-order valence-corrected chi connectivity index (χ0v) is 17.8. The summed E-state index contributed by atoms with van der Waals surface area (Å²) >= 11 is 9.65. The van der Waals surface area contributed by atoms with E-state index in [-0.39, 0.29) is 24.4 Å². The van der Waals surface area contributed by atoms with Gasteiger partial charge in [-0.1, -0.05) is 43.0 Å². The normalized spacial score (nSPS) is 14.4. The largest absolute Gasteiger partial charge is 0.375 e. The average molecular weight is 465 g/mol. The molecule has 0 aromatic heterocycles. The molecule has 0 saturated heterocycles. The Morgan fingerprint density at radius 2 is 1.82 bits per heavy atom. The van der Waals surface area contributed by atoms with Gasteiger partial charge in [0.15, 0.2) is 0 Å². The predicted octanol–water partition coefficient (Wildman–Crippen LogP) is 5.22. The van der Waals surface area contributed by atoms with E-state index < -0.39 is 0 Å². The molecule has 7 heteroatoms. The van der Waals surface area contributed by atoms with Crippen LogP contribution in [0.2, 0.25) is 5.02 Å². The smallest absolute Gasteiger partial charge is 0.253 e. The maximum atomic E-state index is 12.6. The summed E-state index contributed by atoms with van der Waals surface area (Å²) in [5, 5.41) is 9.30. The highest BCUT2D eigenvalue weighted by atomic mass is 79.9. The lowest BCUT2D eigenvalue weighted by molar-refractivity contribution is -0.114.